The largest absolute Gasteiger partial charge is 0.383 e. The van der Waals surface area contributed by atoms with E-state index in [9.17, 15) is 8.78 Å². The lowest BCUT2D eigenvalue weighted by atomic mass is 10.1. The van der Waals surface area contributed by atoms with Gasteiger partial charge in [0, 0.05) is 21.8 Å². The zero-order valence-electron chi connectivity index (χ0n) is 10.2. The van der Waals surface area contributed by atoms with Crippen LogP contribution in [0.2, 0.25) is 0 Å². The molecule has 2 heterocycles. The standard InChI is InChI=1S/C14H10BrF2N3/c15-10-4-5-11-19-12(14(18)20(11)7-10)8-2-1-3-9(6-8)13(16)17/h1-7,13H,18H2. The van der Waals surface area contributed by atoms with Gasteiger partial charge in [-0.15, -0.1) is 0 Å². The van der Waals surface area contributed by atoms with Crippen molar-refractivity contribution < 1.29 is 8.78 Å². The molecule has 0 aliphatic carbocycles. The van der Waals surface area contributed by atoms with Gasteiger partial charge in [-0.25, -0.2) is 13.8 Å². The second-order valence-electron chi connectivity index (χ2n) is 4.35. The first kappa shape index (κ1) is 13.1. The van der Waals surface area contributed by atoms with Gasteiger partial charge in [0.1, 0.15) is 17.2 Å². The summed E-state index contributed by atoms with van der Waals surface area (Å²) in [4.78, 5) is 4.40. The van der Waals surface area contributed by atoms with Gasteiger partial charge in [0.2, 0.25) is 0 Å². The predicted molar refractivity (Wildman–Crippen MR) is 77.7 cm³/mol. The number of anilines is 1. The molecule has 0 bridgehead atoms. The second kappa shape index (κ2) is 4.86. The molecule has 0 aliphatic rings. The number of alkyl halides is 2. The van der Waals surface area contributed by atoms with Crippen LogP contribution in [0.4, 0.5) is 14.6 Å². The van der Waals surface area contributed by atoms with E-state index in [1.54, 1.807) is 28.8 Å². The first-order chi connectivity index (χ1) is 9.56. The Kier molecular flexibility index (Phi) is 3.17. The molecule has 0 saturated carbocycles. The molecule has 102 valence electrons. The molecule has 0 unspecified atom stereocenters. The molecule has 3 aromatic rings. The minimum Gasteiger partial charge on any atom is -0.383 e. The van der Waals surface area contributed by atoms with E-state index < -0.39 is 6.43 Å². The molecule has 0 fully saturated rings. The normalized spacial score (nSPS) is 11.4. The highest BCUT2D eigenvalue weighted by Crippen LogP contribution is 2.30. The zero-order chi connectivity index (χ0) is 14.3. The molecule has 2 aromatic heterocycles. The summed E-state index contributed by atoms with van der Waals surface area (Å²) in [6.45, 7) is 0. The van der Waals surface area contributed by atoms with Gasteiger partial charge in [-0.1, -0.05) is 18.2 Å². The number of fused-ring (bicyclic) bond motifs is 1. The lowest BCUT2D eigenvalue weighted by molar-refractivity contribution is 0.151. The van der Waals surface area contributed by atoms with Crippen LogP contribution in [0.3, 0.4) is 0 Å². The van der Waals surface area contributed by atoms with Crippen LogP contribution >= 0.6 is 15.9 Å². The van der Waals surface area contributed by atoms with Crippen molar-refractivity contribution in [3.05, 3.63) is 52.6 Å². The Balaban J connectivity index is 2.19. The number of rotatable bonds is 2. The number of nitrogen functional groups attached to an aromatic ring is 1. The first-order valence-corrected chi connectivity index (χ1v) is 6.67. The van der Waals surface area contributed by atoms with Gasteiger partial charge in [-0.05, 0) is 34.1 Å². The third-order valence-corrected chi connectivity index (χ3v) is 3.50. The summed E-state index contributed by atoms with van der Waals surface area (Å²) in [5.41, 5.74) is 7.77. The van der Waals surface area contributed by atoms with Crippen molar-refractivity contribution in [3.8, 4) is 11.3 Å². The second-order valence-corrected chi connectivity index (χ2v) is 5.26. The van der Waals surface area contributed by atoms with Crippen LogP contribution in [0.1, 0.15) is 12.0 Å². The third kappa shape index (κ3) is 2.16. The molecule has 0 aliphatic heterocycles. The van der Waals surface area contributed by atoms with Crippen LogP contribution < -0.4 is 5.73 Å². The van der Waals surface area contributed by atoms with Crippen LogP contribution in [0, 0.1) is 0 Å². The maximum Gasteiger partial charge on any atom is 0.263 e. The first-order valence-electron chi connectivity index (χ1n) is 5.88. The third-order valence-electron chi connectivity index (χ3n) is 3.03. The Morgan fingerprint density at radius 2 is 2.00 bits per heavy atom. The summed E-state index contributed by atoms with van der Waals surface area (Å²) in [6, 6.07) is 9.76. The van der Waals surface area contributed by atoms with Crippen molar-refractivity contribution in [2.75, 3.05) is 5.73 Å². The molecular formula is C14H10BrF2N3. The Morgan fingerprint density at radius 1 is 1.20 bits per heavy atom. The smallest absolute Gasteiger partial charge is 0.263 e. The molecule has 2 N–H and O–H groups in total. The summed E-state index contributed by atoms with van der Waals surface area (Å²) < 4.78 is 28.1. The summed E-state index contributed by atoms with van der Waals surface area (Å²) in [6.07, 6.45) is -0.722. The number of benzene rings is 1. The van der Waals surface area contributed by atoms with Crippen LogP contribution in [0.25, 0.3) is 16.9 Å². The van der Waals surface area contributed by atoms with Crippen LogP contribution in [-0.2, 0) is 0 Å². The molecular weight excluding hydrogens is 328 g/mol. The van der Waals surface area contributed by atoms with Crippen molar-refractivity contribution >= 4 is 27.4 Å². The van der Waals surface area contributed by atoms with E-state index in [4.69, 9.17) is 5.73 Å². The van der Waals surface area contributed by atoms with Gasteiger partial charge in [0.05, 0.1) is 0 Å². The van der Waals surface area contributed by atoms with E-state index in [2.05, 4.69) is 20.9 Å². The van der Waals surface area contributed by atoms with Crippen molar-refractivity contribution in [3.63, 3.8) is 0 Å². The Morgan fingerprint density at radius 3 is 2.75 bits per heavy atom. The average Bonchev–Trinajstić information content (AvgIpc) is 2.76. The van der Waals surface area contributed by atoms with E-state index in [0.717, 1.165) is 4.47 Å². The molecule has 0 atom stereocenters. The maximum atomic E-state index is 12.8. The Labute approximate surface area is 122 Å². The van der Waals surface area contributed by atoms with Gasteiger partial charge in [0.15, 0.2) is 0 Å². The Hall–Kier alpha value is -1.95. The fourth-order valence-electron chi connectivity index (χ4n) is 2.07. The topological polar surface area (TPSA) is 43.3 Å². The number of nitrogens with two attached hydrogens (primary N) is 1. The molecule has 1 aromatic carbocycles. The average molecular weight is 338 g/mol. The monoisotopic (exact) mass is 337 g/mol. The Bertz CT molecular complexity index is 783. The number of pyridine rings is 1. The highest BCUT2D eigenvalue weighted by atomic mass is 79.9. The van der Waals surface area contributed by atoms with E-state index in [1.165, 1.54) is 12.1 Å². The number of hydrogen-bond donors (Lipinski definition) is 1. The van der Waals surface area contributed by atoms with Crippen molar-refractivity contribution in [1.29, 1.82) is 0 Å². The summed E-state index contributed by atoms with van der Waals surface area (Å²) >= 11 is 3.36. The van der Waals surface area contributed by atoms with Gasteiger partial charge in [-0.2, -0.15) is 0 Å². The summed E-state index contributed by atoms with van der Waals surface area (Å²) in [5, 5.41) is 0. The van der Waals surface area contributed by atoms with E-state index in [-0.39, 0.29) is 5.56 Å². The molecule has 3 nitrogen and oxygen atoms in total. The van der Waals surface area contributed by atoms with Gasteiger partial charge < -0.3 is 5.73 Å². The zero-order valence-corrected chi connectivity index (χ0v) is 11.8. The fourth-order valence-corrected chi connectivity index (χ4v) is 2.41. The highest BCUT2D eigenvalue weighted by Gasteiger charge is 2.14. The summed E-state index contributed by atoms with van der Waals surface area (Å²) in [7, 11) is 0. The lowest BCUT2D eigenvalue weighted by Crippen LogP contribution is -1.94. The van der Waals surface area contributed by atoms with E-state index in [0.29, 0.717) is 22.7 Å². The predicted octanol–water partition coefficient (Wildman–Crippen LogP) is 4.28. The fraction of sp³-hybridized carbons (Fsp3) is 0.0714. The number of hydrogen-bond acceptors (Lipinski definition) is 2. The van der Waals surface area contributed by atoms with Crippen LogP contribution in [0.15, 0.2) is 47.1 Å². The lowest BCUT2D eigenvalue weighted by Gasteiger charge is -2.03. The number of nitrogens with zero attached hydrogens (tertiary/aromatic N) is 2. The molecule has 0 spiro atoms. The minimum atomic E-state index is -2.51. The van der Waals surface area contributed by atoms with E-state index in [1.807, 2.05) is 6.07 Å². The van der Waals surface area contributed by atoms with Crippen molar-refractivity contribution in [2.45, 2.75) is 6.43 Å². The van der Waals surface area contributed by atoms with E-state index >= 15 is 0 Å². The van der Waals surface area contributed by atoms with Crippen LogP contribution in [0.5, 0.6) is 0 Å². The quantitative estimate of drug-likeness (QED) is 0.758. The molecule has 0 saturated heterocycles. The molecule has 3 rings (SSSR count). The van der Waals surface area contributed by atoms with Gasteiger partial charge in [0.25, 0.3) is 6.43 Å². The number of imidazole rings is 1. The van der Waals surface area contributed by atoms with Gasteiger partial charge >= 0.3 is 0 Å². The molecule has 0 radical (unpaired) electrons. The van der Waals surface area contributed by atoms with Crippen molar-refractivity contribution in [2.24, 2.45) is 0 Å². The number of aromatic nitrogens is 2. The molecule has 0 amide bonds. The van der Waals surface area contributed by atoms with Crippen molar-refractivity contribution in [1.82, 2.24) is 9.38 Å². The molecule has 20 heavy (non-hydrogen) atoms. The number of halogens is 3. The minimum absolute atomic E-state index is 0.0415. The molecule has 6 heteroatoms. The highest BCUT2D eigenvalue weighted by molar-refractivity contribution is 9.10. The summed E-state index contributed by atoms with van der Waals surface area (Å²) in [5.74, 6) is 0.424. The van der Waals surface area contributed by atoms with Gasteiger partial charge in [-0.3, -0.25) is 4.40 Å². The SMILES string of the molecule is Nc1c(-c2cccc(C(F)F)c2)nc2ccc(Br)cn12. The van der Waals surface area contributed by atoms with Crippen LogP contribution in [-0.4, -0.2) is 9.38 Å². The maximum absolute atomic E-state index is 12.8.